The Balaban J connectivity index is 2.28. The lowest BCUT2D eigenvalue weighted by Gasteiger charge is -2.07. The maximum Gasteiger partial charge on any atom is 0.338 e. The summed E-state index contributed by atoms with van der Waals surface area (Å²) in [6.45, 7) is 0. The zero-order valence-corrected chi connectivity index (χ0v) is 12.0. The molecule has 0 aliphatic carbocycles. The average molecular weight is 306 g/mol. The smallest absolute Gasteiger partial charge is 0.338 e. The predicted octanol–water partition coefficient (Wildman–Crippen LogP) is 4.35. The summed E-state index contributed by atoms with van der Waals surface area (Å²) >= 11 is 5.77. The molecule has 0 radical (unpaired) electrons. The lowest BCUT2D eigenvalue weighted by molar-refractivity contribution is 0.0600. The summed E-state index contributed by atoms with van der Waals surface area (Å²) in [4.78, 5) is 11.7. The van der Waals surface area contributed by atoms with Gasteiger partial charge in [-0.1, -0.05) is 29.8 Å². The molecular weight excluding hydrogens is 293 g/mol. The predicted molar refractivity (Wildman–Crippen MR) is 81.8 cm³/mol. The standard InChI is InChI=1S/C16H13ClFNO2/c1-21-16(20)14-9-11(17)10-15(18)13(14)7-8-19-12-5-3-2-4-6-12/h2-10,19H,1H3. The van der Waals surface area contributed by atoms with Crippen LogP contribution in [-0.4, -0.2) is 13.1 Å². The van der Waals surface area contributed by atoms with Crippen LogP contribution in [0.5, 0.6) is 0 Å². The number of carbonyl (C=O) groups excluding carboxylic acids is 1. The van der Waals surface area contributed by atoms with Crippen molar-refractivity contribution in [2.45, 2.75) is 0 Å². The molecule has 0 aliphatic heterocycles. The average Bonchev–Trinajstić information content (AvgIpc) is 2.49. The lowest BCUT2D eigenvalue weighted by atomic mass is 10.1. The molecule has 2 aromatic carbocycles. The molecule has 0 fully saturated rings. The topological polar surface area (TPSA) is 38.3 Å². The number of rotatable bonds is 4. The fraction of sp³-hybridized carbons (Fsp3) is 0.0625. The Morgan fingerprint density at radius 3 is 2.67 bits per heavy atom. The van der Waals surface area contributed by atoms with E-state index in [1.54, 1.807) is 6.20 Å². The molecule has 2 aromatic rings. The number of hydrogen-bond acceptors (Lipinski definition) is 3. The number of esters is 1. The van der Waals surface area contributed by atoms with Gasteiger partial charge < -0.3 is 10.1 Å². The first-order chi connectivity index (χ1) is 10.1. The highest BCUT2D eigenvalue weighted by Crippen LogP contribution is 2.22. The second-order valence-corrected chi connectivity index (χ2v) is 4.62. The molecular formula is C16H13ClFNO2. The number of halogens is 2. The Morgan fingerprint density at radius 1 is 1.29 bits per heavy atom. The Morgan fingerprint density at radius 2 is 2.00 bits per heavy atom. The number of hydrogen-bond donors (Lipinski definition) is 1. The van der Waals surface area contributed by atoms with Crippen molar-refractivity contribution in [2.75, 3.05) is 12.4 Å². The van der Waals surface area contributed by atoms with Crippen LogP contribution < -0.4 is 5.32 Å². The molecule has 108 valence electrons. The van der Waals surface area contributed by atoms with Gasteiger partial charge in [-0.05, 0) is 30.3 Å². The summed E-state index contributed by atoms with van der Waals surface area (Å²) in [5, 5.41) is 3.13. The van der Waals surface area contributed by atoms with Gasteiger partial charge in [0.25, 0.3) is 0 Å². The summed E-state index contributed by atoms with van der Waals surface area (Å²) in [7, 11) is 1.23. The number of benzene rings is 2. The maximum absolute atomic E-state index is 14.0. The van der Waals surface area contributed by atoms with Gasteiger partial charge in [-0.3, -0.25) is 0 Å². The van der Waals surface area contributed by atoms with Crippen LogP contribution in [0.2, 0.25) is 5.02 Å². The van der Waals surface area contributed by atoms with E-state index < -0.39 is 11.8 Å². The van der Waals surface area contributed by atoms with Crippen molar-refractivity contribution in [3.05, 3.63) is 70.6 Å². The highest BCUT2D eigenvalue weighted by Gasteiger charge is 2.15. The number of para-hydroxylation sites is 1. The molecule has 0 amide bonds. The molecule has 0 atom stereocenters. The number of ether oxygens (including phenoxy) is 1. The SMILES string of the molecule is COC(=O)c1cc(Cl)cc(F)c1C=CNc1ccccc1. The quantitative estimate of drug-likeness (QED) is 0.854. The molecule has 2 rings (SSSR count). The zero-order valence-electron chi connectivity index (χ0n) is 11.3. The molecule has 5 heteroatoms. The maximum atomic E-state index is 14.0. The fourth-order valence-corrected chi connectivity index (χ4v) is 1.99. The largest absolute Gasteiger partial charge is 0.465 e. The fourth-order valence-electron chi connectivity index (χ4n) is 1.79. The molecule has 0 unspecified atom stereocenters. The van der Waals surface area contributed by atoms with E-state index in [1.807, 2.05) is 30.3 Å². The van der Waals surface area contributed by atoms with Gasteiger partial charge in [0, 0.05) is 22.5 Å². The third-order valence-electron chi connectivity index (χ3n) is 2.77. The first-order valence-corrected chi connectivity index (χ1v) is 6.55. The van der Waals surface area contributed by atoms with E-state index in [9.17, 15) is 9.18 Å². The van der Waals surface area contributed by atoms with E-state index in [4.69, 9.17) is 11.6 Å². The molecule has 21 heavy (non-hydrogen) atoms. The lowest BCUT2D eigenvalue weighted by Crippen LogP contribution is -2.05. The summed E-state index contributed by atoms with van der Waals surface area (Å²) in [6, 6.07) is 11.9. The van der Waals surface area contributed by atoms with Crippen molar-refractivity contribution in [1.82, 2.24) is 0 Å². The minimum atomic E-state index is -0.643. The minimum Gasteiger partial charge on any atom is -0.465 e. The Hall–Kier alpha value is -2.33. The molecule has 0 spiro atoms. The summed E-state index contributed by atoms with van der Waals surface area (Å²) in [5.41, 5.74) is 1.05. The first-order valence-electron chi connectivity index (χ1n) is 6.17. The third-order valence-corrected chi connectivity index (χ3v) is 2.99. The highest BCUT2D eigenvalue weighted by molar-refractivity contribution is 6.31. The van der Waals surface area contributed by atoms with E-state index in [-0.39, 0.29) is 16.1 Å². The van der Waals surface area contributed by atoms with Crippen molar-refractivity contribution in [3.63, 3.8) is 0 Å². The van der Waals surface area contributed by atoms with Crippen molar-refractivity contribution < 1.29 is 13.9 Å². The molecule has 0 aromatic heterocycles. The van der Waals surface area contributed by atoms with Gasteiger partial charge in [0.2, 0.25) is 0 Å². The van der Waals surface area contributed by atoms with Crippen LogP contribution in [0, 0.1) is 5.82 Å². The van der Waals surface area contributed by atoms with E-state index in [2.05, 4.69) is 10.1 Å². The van der Waals surface area contributed by atoms with E-state index in [0.29, 0.717) is 0 Å². The van der Waals surface area contributed by atoms with Crippen molar-refractivity contribution >= 4 is 29.3 Å². The highest BCUT2D eigenvalue weighted by atomic mass is 35.5. The minimum absolute atomic E-state index is 0.0774. The van der Waals surface area contributed by atoms with Crippen molar-refractivity contribution in [1.29, 1.82) is 0 Å². The number of nitrogens with one attached hydrogen (secondary N) is 1. The number of methoxy groups -OCH3 is 1. The van der Waals surface area contributed by atoms with Crippen LogP contribution in [-0.2, 0) is 4.74 Å². The first kappa shape index (κ1) is 15.1. The Labute approximate surface area is 127 Å². The monoisotopic (exact) mass is 305 g/mol. The van der Waals surface area contributed by atoms with Crippen LogP contribution >= 0.6 is 11.6 Å². The van der Waals surface area contributed by atoms with Crippen LogP contribution in [0.3, 0.4) is 0 Å². The molecule has 0 saturated carbocycles. The van der Waals surface area contributed by atoms with Gasteiger partial charge in [0.1, 0.15) is 5.82 Å². The Kier molecular flexibility index (Phi) is 4.95. The van der Waals surface area contributed by atoms with Gasteiger partial charge in [-0.2, -0.15) is 0 Å². The Bertz CT molecular complexity index is 671. The van der Waals surface area contributed by atoms with Gasteiger partial charge in [-0.15, -0.1) is 0 Å². The van der Waals surface area contributed by atoms with Crippen LogP contribution in [0.1, 0.15) is 15.9 Å². The molecule has 3 nitrogen and oxygen atoms in total. The molecule has 0 bridgehead atoms. The third kappa shape index (κ3) is 3.83. The second kappa shape index (κ2) is 6.90. The van der Waals surface area contributed by atoms with Crippen molar-refractivity contribution in [2.24, 2.45) is 0 Å². The second-order valence-electron chi connectivity index (χ2n) is 4.18. The summed E-state index contributed by atoms with van der Waals surface area (Å²) < 4.78 is 18.6. The summed E-state index contributed by atoms with van der Waals surface area (Å²) in [5.74, 6) is -1.23. The normalized spacial score (nSPS) is 10.6. The zero-order chi connectivity index (χ0) is 15.2. The number of carbonyl (C=O) groups is 1. The van der Waals surface area contributed by atoms with Gasteiger partial charge in [0.05, 0.1) is 12.7 Å². The van der Waals surface area contributed by atoms with Gasteiger partial charge in [0.15, 0.2) is 0 Å². The van der Waals surface area contributed by atoms with E-state index in [0.717, 1.165) is 11.8 Å². The van der Waals surface area contributed by atoms with E-state index >= 15 is 0 Å². The number of anilines is 1. The van der Waals surface area contributed by atoms with Crippen LogP contribution in [0.15, 0.2) is 48.7 Å². The van der Waals surface area contributed by atoms with Gasteiger partial charge in [-0.25, -0.2) is 9.18 Å². The molecule has 0 saturated heterocycles. The van der Waals surface area contributed by atoms with Crippen LogP contribution in [0.25, 0.3) is 6.08 Å². The molecule has 1 N–H and O–H groups in total. The summed E-state index contributed by atoms with van der Waals surface area (Å²) in [6.07, 6.45) is 3.01. The van der Waals surface area contributed by atoms with Crippen molar-refractivity contribution in [3.8, 4) is 0 Å². The molecule has 0 aliphatic rings. The van der Waals surface area contributed by atoms with Crippen LogP contribution in [0.4, 0.5) is 10.1 Å². The molecule has 0 heterocycles. The van der Waals surface area contributed by atoms with Gasteiger partial charge >= 0.3 is 5.97 Å². The van der Waals surface area contributed by atoms with E-state index in [1.165, 1.54) is 19.3 Å².